The third-order valence-corrected chi connectivity index (χ3v) is 6.61. The van der Waals surface area contributed by atoms with Gasteiger partial charge in [-0.25, -0.2) is 4.68 Å². The third-order valence-electron chi connectivity index (χ3n) is 6.61. The topological polar surface area (TPSA) is 64.2 Å². The number of hydrogen-bond acceptors (Lipinski definition) is 3. The molecule has 1 amide bonds. The molecule has 0 spiro atoms. The molecular weight excluding hydrogens is 360 g/mol. The summed E-state index contributed by atoms with van der Waals surface area (Å²) in [7, 11) is 0. The van der Waals surface area contributed by atoms with Gasteiger partial charge in [0, 0.05) is 30.4 Å². The first-order valence-corrected chi connectivity index (χ1v) is 9.84. The van der Waals surface area contributed by atoms with Crippen molar-refractivity contribution < 1.29 is 4.79 Å². The summed E-state index contributed by atoms with van der Waals surface area (Å²) in [5.41, 5.74) is 11.6. The van der Waals surface area contributed by atoms with Gasteiger partial charge in [0.25, 0.3) is 5.91 Å². The van der Waals surface area contributed by atoms with E-state index in [0.29, 0.717) is 17.5 Å². The lowest BCUT2D eigenvalue weighted by Crippen LogP contribution is -2.34. The van der Waals surface area contributed by atoms with Gasteiger partial charge < -0.3 is 10.6 Å². The van der Waals surface area contributed by atoms with E-state index in [2.05, 4.69) is 31.2 Å². The SMILES string of the molecule is Cc1ccc(-n2nc(C(=O)N3CC4CCC(N)C4C3)c3c2CCC3)cc1.Cl. The Balaban J connectivity index is 0.00000180. The van der Waals surface area contributed by atoms with Crippen molar-refractivity contribution in [2.75, 3.05) is 13.1 Å². The molecule has 1 aliphatic heterocycles. The first-order chi connectivity index (χ1) is 12.6. The molecule has 2 heterocycles. The fourth-order valence-electron chi connectivity index (χ4n) is 5.13. The van der Waals surface area contributed by atoms with Gasteiger partial charge in [-0.15, -0.1) is 12.4 Å². The van der Waals surface area contributed by atoms with Gasteiger partial charge in [-0.05, 0) is 63.0 Å². The van der Waals surface area contributed by atoms with Gasteiger partial charge in [0.2, 0.25) is 0 Å². The Morgan fingerprint density at radius 2 is 1.93 bits per heavy atom. The Morgan fingerprint density at radius 3 is 2.67 bits per heavy atom. The number of carbonyl (C=O) groups excluding carboxylic acids is 1. The fourth-order valence-corrected chi connectivity index (χ4v) is 5.13. The molecule has 1 saturated heterocycles. The average Bonchev–Trinajstić information content (AvgIpc) is 3.37. The number of benzene rings is 1. The van der Waals surface area contributed by atoms with E-state index in [0.717, 1.165) is 56.4 Å². The number of halogens is 1. The lowest BCUT2D eigenvalue weighted by atomic mass is 9.98. The minimum absolute atomic E-state index is 0. The first kappa shape index (κ1) is 18.5. The molecule has 2 N–H and O–H groups in total. The number of fused-ring (bicyclic) bond motifs is 2. The highest BCUT2D eigenvalue weighted by Gasteiger charge is 2.43. The zero-order valence-electron chi connectivity index (χ0n) is 15.7. The van der Waals surface area contributed by atoms with Crippen LogP contribution in [0.2, 0.25) is 0 Å². The van der Waals surface area contributed by atoms with Gasteiger partial charge in [-0.2, -0.15) is 5.10 Å². The highest BCUT2D eigenvalue weighted by Crippen LogP contribution is 2.38. The number of amides is 1. The summed E-state index contributed by atoms with van der Waals surface area (Å²) in [5.74, 6) is 1.17. The van der Waals surface area contributed by atoms with Crippen LogP contribution in [0, 0.1) is 18.8 Å². The van der Waals surface area contributed by atoms with Crippen LogP contribution in [0.1, 0.15) is 46.6 Å². The summed E-state index contributed by atoms with van der Waals surface area (Å²) in [6.07, 6.45) is 5.33. The number of hydrogen-bond donors (Lipinski definition) is 1. The molecule has 2 fully saturated rings. The summed E-state index contributed by atoms with van der Waals surface area (Å²) in [6, 6.07) is 8.64. The number of nitrogens with zero attached hydrogens (tertiary/aromatic N) is 3. The van der Waals surface area contributed by atoms with Crippen molar-refractivity contribution in [1.82, 2.24) is 14.7 Å². The fraction of sp³-hybridized carbons (Fsp3) is 0.524. The Morgan fingerprint density at radius 1 is 1.15 bits per heavy atom. The van der Waals surface area contributed by atoms with Crippen LogP contribution in [0.25, 0.3) is 5.69 Å². The van der Waals surface area contributed by atoms with Crippen molar-refractivity contribution in [2.24, 2.45) is 17.6 Å². The number of carbonyl (C=O) groups is 1. The van der Waals surface area contributed by atoms with Gasteiger partial charge in [0.05, 0.1) is 5.69 Å². The maximum atomic E-state index is 13.3. The lowest BCUT2D eigenvalue weighted by Gasteiger charge is -2.18. The molecule has 1 aromatic carbocycles. The number of aryl methyl sites for hydroxylation is 1. The molecule has 1 aromatic heterocycles. The molecular formula is C21H27ClN4O. The van der Waals surface area contributed by atoms with Gasteiger partial charge in [-0.1, -0.05) is 17.7 Å². The molecule has 2 aromatic rings. The molecule has 1 saturated carbocycles. The van der Waals surface area contributed by atoms with Crippen LogP contribution in [0.4, 0.5) is 0 Å². The molecule has 3 unspecified atom stereocenters. The summed E-state index contributed by atoms with van der Waals surface area (Å²) in [5, 5.41) is 4.78. The van der Waals surface area contributed by atoms with Gasteiger partial charge in [-0.3, -0.25) is 4.79 Å². The van der Waals surface area contributed by atoms with Crippen molar-refractivity contribution in [1.29, 1.82) is 0 Å². The zero-order valence-corrected chi connectivity index (χ0v) is 16.5. The molecule has 2 aliphatic carbocycles. The Labute approximate surface area is 166 Å². The Hall–Kier alpha value is -1.85. The minimum atomic E-state index is 0. The summed E-state index contributed by atoms with van der Waals surface area (Å²) in [6.45, 7) is 3.74. The predicted octanol–water partition coefficient (Wildman–Crippen LogP) is 2.90. The lowest BCUT2D eigenvalue weighted by molar-refractivity contribution is 0.0772. The first-order valence-electron chi connectivity index (χ1n) is 9.84. The van der Waals surface area contributed by atoms with Crippen LogP contribution >= 0.6 is 12.4 Å². The maximum Gasteiger partial charge on any atom is 0.274 e. The third kappa shape index (κ3) is 2.97. The number of nitrogens with two attached hydrogens (primary N) is 1. The molecule has 27 heavy (non-hydrogen) atoms. The van der Waals surface area contributed by atoms with E-state index >= 15 is 0 Å². The molecule has 5 nitrogen and oxygen atoms in total. The Bertz CT molecular complexity index is 860. The second kappa shape index (κ2) is 6.95. The normalized spacial score (nSPS) is 26.0. The number of aromatic nitrogens is 2. The standard InChI is InChI=1S/C21H26N4O.ClH/c1-13-5-8-15(9-6-13)25-19-4-2-3-16(19)20(23-25)21(26)24-11-14-7-10-18(22)17(14)12-24;/h5-6,8-9,14,17-18H,2-4,7,10-12,22H2,1H3;1H. The van der Waals surface area contributed by atoms with Crippen molar-refractivity contribution in [3.63, 3.8) is 0 Å². The predicted molar refractivity (Wildman–Crippen MR) is 108 cm³/mol. The molecule has 5 rings (SSSR count). The summed E-state index contributed by atoms with van der Waals surface area (Å²) < 4.78 is 2.00. The second-order valence-electron chi connectivity index (χ2n) is 8.25. The van der Waals surface area contributed by atoms with Gasteiger partial charge in [0.15, 0.2) is 5.69 Å². The van der Waals surface area contributed by atoms with Crippen molar-refractivity contribution >= 4 is 18.3 Å². The van der Waals surface area contributed by atoms with Crippen LogP contribution in [-0.4, -0.2) is 39.7 Å². The highest BCUT2D eigenvalue weighted by atomic mass is 35.5. The van der Waals surface area contributed by atoms with E-state index in [1.165, 1.54) is 11.3 Å². The van der Waals surface area contributed by atoms with Crippen molar-refractivity contribution in [2.45, 2.75) is 45.1 Å². The monoisotopic (exact) mass is 386 g/mol. The number of rotatable bonds is 2. The maximum absolute atomic E-state index is 13.3. The van der Waals surface area contributed by atoms with Crippen LogP contribution in [0.15, 0.2) is 24.3 Å². The molecule has 144 valence electrons. The van der Waals surface area contributed by atoms with Crippen molar-refractivity contribution in [3.8, 4) is 5.69 Å². The van der Waals surface area contributed by atoms with Gasteiger partial charge >= 0.3 is 0 Å². The molecule has 6 heteroatoms. The van der Waals surface area contributed by atoms with E-state index in [4.69, 9.17) is 10.8 Å². The van der Waals surface area contributed by atoms with E-state index in [1.54, 1.807) is 0 Å². The van der Waals surface area contributed by atoms with Gasteiger partial charge in [0.1, 0.15) is 0 Å². The minimum Gasteiger partial charge on any atom is -0.337 e. The molecule has 3 aliphatic rings. The molecule has 0 radical (unpaired) electrons. The summed E-state index contributed by atoms with van der Waals surface area (Å²) in [4.78, 5) is 15.3. The molecule has 3 atom stereocenters. The highest BCUT2D eigenvalue weighted by molar-refractivity contribution is 5.94. The molecule has 0 bridgehead atoms. The zero-order chi connectivity index (χ0) is 17.8. The van der Waals surface area contributed by atoms with E-state index in [9.17, 15) is 4.79 Å². The van der Waals surface area contributed by atoms with Crippen molar-refractivity contribution in [3.05, 3.63) is 46.8 Å². The second-order valence-corrected chi connectivity index (χ2v) is 8.25. The van der Waals surface area contributed by atoms with Crippen LogP contribution < -0.4 is 5.73 Å². The average molecular weight is 387 g/mol. The largest absolute Gasteiger partial charge is 0.337 e. The van der Waals surface area contributed by atoms with E-state index in [-0.39, 0.29) is 24.4 Å². The smallest absolute Gasteiger partial charge is 0.274 e. The number of likely N-dealkylation sites (tertiary alicyclic amines) is 1. The van der Waals surface area contributed by atoms with Crippen LogP contribution in [0.5, 0.6) is 0 Å². The van der Waals surface area contributed by atoms with Crippen LogP contribution in [0.3, 0.4) is 0 Å². The van der Waals surface area contributed by atoms with E-state index in [1.807, 2.05) is 9.58 Å². The summed E-state index contributed by atoms with van der Waals surface area (Å²) >= 11 is 0. The Kier molecular flexibility index (Phi) is 4.77. The quantitative estimate of drug-likeness (QED) is 0.863. The van der Waals surface area contributed by atoms with E-state index < -0.39 is 0 Å². The van der Waals surface area contributed by atoms with Crippen LogP contribution in [-0.2, 0) is 12.8 Å².